The van der Waals surface area contributed by atoms with Gasteiger partial charge >= 0.3 is 0 Å². The molecule has 0 unspecified atom stereocenters. The molecule has 18 heavy (non-hydrogen) atoms. The highest BCUT2D eigenvalue weighted by Gasteiger charge is 2.18. The summed E-state index contributed by atoms with van der Waals surface area (Å²) in [5.41, 5.74) is 3.03. The van der Waals surface area contributed by atoms with E-state index in [-0.39, 0.29) is 6.79 Å². The van der Waals surface area contributed by atoms with Gasteiger partial charge in [0.05, 0.1) is 6.26 Å². The molecule has 0 bridgehead atoms. The molecule has 0 fully saturated rings. The molecule has 3 nitrogen and oxygen atoms in total. The Hall–Kier alpha value is -2.42. The van der Waals surface area contributed by atoms with Gasteiger partial charge in [0.15, 0.2) is 11.5 Å². The minimum absolute atomic E-state index is 0.280. The van der Waals surface area contributed by atoms with E-state index in [2.05, 4.69) is 12.1 Å². The normalized spacial score (nSPS) is 13.1. The lowest BCUT2D eigenvalue weighted by molar-refractivity contribution is 0.174. The Labute approximate surface area is 104 Å². The first-order valence-corrected chi connectivity index (χ1v) is 5.78. The van der Waals surface area contributed by atoms with Crippen molar-refractivity contribution in [1.82, 2.24) is 0 Å². The van der Waals surface area contributed by atoms with Gasteiger partial charge in [0.25, 0.3) is 0 Å². The molecule has 0 saturated carbocycles. The fraction of sp³-hybridized carbons (Fsp3) is 0.0667. The number of fused-ring (bicyclic) bond motifs is 2. The second-order valence-corrected chi connectivity index (χ2v) is 4.22. The van der Waals surface area contributed by atoms with E-state index < -0.39 is 0 Å². The van der Waals surface area contributed by atoms with Crippen molar-refractivity contribution in [3.05, 3.63) is 48.7 Å². The highest BCUT2D eigenvalue weighted by atomic mass is 16.7. The minimum atomic E-state index is 0.280. The maximum Gasteiger partial charge on any atom is 0.231 e. The van der Waals surface area contributed by atoms with Gasteiger partial charge in [0.1, 0.15) is 5.58 Å². The van der Waals surface area contributed by atoms with Crippen LogP contribution in [0.15, 0.2) is 53.1 Å². The zero-order chi connectivity index (χ0) is 11.9. The van der Waals surface area contributed by atoms with Crippen LogP contribution in [0.3, 0.4) is 0 Å². The number of hydrogen-bond acceptors (Lipinski definition) is 3. The van der Waals surface area contributed by atoms with Crippen molar-refractivity contribution < 1.29 is 13.9 Å². The van der Waals surface area contributed by atoms with Gasteiger partial charge in [0, 0.05) is 17.0 Å². The predicted molar refractivity (Wildman–Crippen MR) is 67.8 cm³/mol. The molecule has 0 saturated heterocycles. The summed E-state index contributed by atoms with van der Waals surface area (Å²) in [6.45, 7) is 0.280. The first kappa shape index (κ1) is 9.59. The van der Waals surface area contributed by atoms with Crippen LogP contribution in [-0.4, -0.2) is 6.79 Å². The van der Waals surface area contributed by atoms with Crippen LogP contribution in [0, 0.1) is 0 Å². The Morgan fingerprint density at radius 1 is 0.889 bits per heavy atom. The zero-order valence-corrected chi connectivity index (χ0v) is 9.55. The van der Waals surface area contributed by atoms with Gasteiger partial charge in [-0.05, 0) is 11.6 Å². The minimum Gasteiger partial charge on any atom is -0.464 e. The maximum absolute atomic E-state index is 5.59. The maximum atomic E-state index is 5.59. The predicted octanol–water partition coefficient (Wildman–Crippen LogP) is 3.83. The second kappa shape index (κ2) is 3.53. The van der Waals surface area contributed by atoms with Crippen LogP contribution in [0.5, 0.6) is 11.5 Å². The molecule has 88 valence electrons. The molecular weight excluding hydrogens is 228 g/mol. The number of ether oxygens (including phenoxy) is 2. The summed E-state index contributed by atoms with van der Waals surface area (Å²) >= 11 is 0. The SMILES string of the molecule is c1ccc(-c2coc3cc4c(cc23)OCO4)cc1. The monoisotopic (exact) mass is 238 g/mol. The van der Waals surface area contributed by atoms with Crippen molar-refractivity contribution in [2.45, 2.75) is 0 Å². The lowest BCUT2D eigenvalue weighted by Crippen LogP contribution is -1.92. The van der Waals surface area contributed by atoms with E-state index in [4.69, 9.17) is 13.9 Å². The standard InChI is InChI=1S/C15H10O3/c1-2-4-10(5-3-1)12-8-16-13-7-15-14(6-11(12)13)17-9-18-15/h1-8H,9H2. The van der Waals surface area contributed by atoms with Gasteiger partial charge in [-0.2, -0.15) is 0 Å². The quantitative estimate of drug-likeness (QED) is 0.645. The highest BCUT2D eigenvalue weighted by molar-refractivity contribution is 5.95. The highest BCUT2D eigenvalue weighted by Crippen LogP contribution is 2.40. The number of benzene rings is 2. The molecular formula is C15H10O3. The third kappa shape index (κ3) is 1.31. The summed E-state index contributed by atoms with van der Waals surface area (Å²) in [6, 6.07) is 14.0. The number of hydrogen-bond donors (Lipinski definition) is 0. The van der Waals surface area contributed by atoms with Gasteiger partial charge in [-0.25, -0.2) is 0 Å². The van der Waals surface area contributed by atoms with Crippen molar-refractivity contribution >= 4 is 11.0 Å². The van der Waals surface area contributed by atoms with E-state index in [0.717, 1.165) is 33.6 Å². The van der Waals surface area contributed by atoms with Crippen LogP contribution >= 0.6 is 0 Å². The molecule has 0 N–H and O–H groups in total. The molecule has 0 atom stereocenters. The van der Waals surface area contributed by atoms with Crippen molar-refractivity contribution in [2.24, 2.45) is 0 Å². The van der Waals surface area contributed by atoms with E-state index in [9.17, 15) is 0 Å². The van der Waals surface area contributed by atoms with Crippen LogP contribution in [-0.2, 0) is 0 Å². The molecule has 1 aliphatic heterocycles. The third-order valence-electron chi connectivity index (χ3n) is 3.15. The molecule has 3 heteroatoms. The average molecular weight is 238 g/mol. The Morgan fingerprint density at radius 3 is 2.50 bits per heavy atom. The van der Waals surface area contributed by atoms with Crippen LogP contribution in [0.25, 0.3) is 22.1 Å². The summed E-state index contributed by atoms with van der Waals surface area (Å²) < 4.78 is 16.3. The van der Waals surface area contributed by atoms with Gasteiger partial charge < -0.3 is 13.9 Å². The Bertz CT molecular complexity index is 713. The van der Waals surface area contributed by atoms with E-state index >= 15 is 0 Å². The molecule has 0 spiro atoms. The summed E-state index contributed by atoms with van der Waals surface area (Å²) in [5.74, 6) is 1.53. The number of furan rings is 1. The molecule has 1 aliphatic rings. The van der Waals surface area contributed by atoms with E-state index in [0.29, 0.717) is 0 Å². The topological polar surface area (TPSA) is 31.6 Å². The van der Waals surface area contributed by atoms with E-state index in [1.54, 1.807) is 6.26 Å². The van der Waals surface area contributed by atoms with Crippen molar-refractivity contribution in [3.8, 4) is 22.6 Å². The molecule has 0 amide bonds. The first-order valence-electron chi connectivity index (χ1n) is 5.78. The Kier molecular flexibility index (Phi) is 1.88. The molecule has 4 rings (SSSR count). The van der Waals surface area contributed by atoms with E-state index in [1.165, 1.54) is 0 Å². The van der Waals surface area contributed by atoms with Gasteiger partial charge in [0.2, 0.25) is 6.79 Å². The van der Waals surface area contributed by atoms with Crippen molar-refractivity contribution in [3.63, 3.8) is 0 Å². The lowest BCUT2D eigenvalue weighted by Gasteiger charge is -1.99. The van der Waals surface area contributed by atoms with Crippen LogP contribution in [0.4, 0.5) is 0 Å². The van der Waals surface area contributed by atoms with Crippen LogP contribution < -0.4 is 9.47 Å². The molecule has 2 heterocycles. The van der Waals surface area contributed by atoms with Crippen LogP contribution in [0.2, 0.25) is 0 Å². The van der Waals surface area contributed by atoms with Gasteiger partial charge in [-0.1, -0.05) is 30.3 Å². The van der Waals surface area contributed by atoms with Gasteiger partial charge in [-0.15, -0.1) is 0 Å². The number of rotatable bonds is 1. The smallest absolute Gasteiger partial charge is 0.231 e. The second-order valence-electron chi connectivity index (χ2n) is 4.22. The molecule has 0 aliphatic carbocycles. The zero-order valence-electron chi connectivity index (χ0n) is 9.55. The fourth-order valence-corrected chi connectivity index (χ4v) is 2.26. The summed E-state index contributed by atoms with van der Waals surface area (Å²) in [7, 11) is 0. The first-order chi connectivity index (χ1) is 8.92. The molecule has 2 aromatic carbocycles. The molecule has 0 radical (unpaired) electrons. The summed E-state index contributed by atoms with van der Waals surface area (Å²) in [4.78, 5) is 0. The van der Waals surface area contributed by atoms with Gasteiger partial charge in [-0.3, -0.25) is 0 Å². The Morgan fingerprint density at radius 2 is 1.67 bits per heavy atom. The average Bonchev–Trinajstić information content (AvgIpc) is 3.02. The van der Waals surface area contributed by atoms with Crippen LogP contribution in [0.1, 0.15) is 0 Å². The molecule has 1 aromatic heterocycles. The largest absolute Gasteiger partial charge is 0.464 e. The summed E-state index contributed by atoms with van der Waals surface area (Å²) in [6.07, 6.45) is 1.77. The third-order valence-corrected chi connectivity index (χ3v) is 3.15. The molecule has 3 aromatic rings. The van der Waals surface area contributed by atoms with E-state index in [1.807, 2.05) is 30.3 Å². The Balaban J connectivity index is 1.98. The van der Waals surface area contributed by atoms with Crippen molar-refractivity contribution in [1.29, 1.82) is 0 Å². The summed E-state index contributed by atoms with van der Waals surface area (Å²) in [5, 5.41) is 1.05. The fourth-order valence-electron chi connectivity index (χ4n) is 2.26. The lowest BCUT2D eigenvalue weighted by atomic mass is 10.0. The van der Waals surface area contributed by atoms with Crippen molar-refractivity contribution in [2.75, 3.05) is 6.79 Å².